The molecule has 1 aromatic heterocycles. The maximum atomic E-state index is 9.73. The molecule has 4 nitrogen and oxygen atoms in total. The summed E-state index contributed by atoms with van der Waals surface area (Å²) in [6.07, 6.45) is 3.92. The Bertz CT molecular complexity index is 931. The normalized spacial score (nSPS) is 10.9. The third-order valence-corrected chi connectivity index (χ3v) is 3.87. The quantitative estimate of drug-likeness (QED) is 0.729. The van der Waals surface area contributed by atoms with Crippen molar-refractivity contribution in [1.82, 2.24) is 9.47 Å². The minimum atomic E-state index is 0.662. The molecule has 24 heavy (non-hydrogen) atoms. The molecule has 4 heteroatoms. The first kappa shape index (κ1) is 15.7. The van der Waals surface area contributed by atoms with Crippen LogP contribution < -0.4 is 4.74 Å². The molecule has 0 aliphatic rings. The van der Waals surface area contributed by atoms with Gasteiger partial charge in [-0.1, -0.05) is 18.2 Å². The van der Waals surface area contributed by atoms with E-state index >= 15 is 0 Å². The van der Waals surface area contributed by atoms with Gasteiger partial charge in [-0.05, 0) is 30.3 Å². The Morgan fingerprint density at radius 1 is 1.12 bits per heavy atom. The smallest absolute Gasteiger partial charge is 0.120 e. The van der Waals surface area contributed by atoms with Crippen LogP contribution in [0.2, 0.25) is 0 Å². The van der Waals surface area contributed by atoms with E-state index in [0.717, 1.165) is 28.0 Å². The average molecular weight is 317 g/mol. The van der Waals surface area contributed by atoms with Crippen LogP contribution in [0.15, 0.2) is 54.7 Å². The van der Waals surface area contributed by atoms with Gasteiger partial charge < -0.3 is 14.2 Å². The highest BCUT2D eigenvalue weighted by Crippen LogP contribution is 2.32. The fraction of sp³-hybridized carbons (Fsp3) is 0.150. The summed E-state index contributed by atoms with van der Waals surface area (Å²) in [5.41, 5.74) is 3.49. The number of para-hydroxylation sites is 1. The minimum absolute atomic E-state index is 0.662. The minimum Gasteiger partial charge on any atom is -0.497 e. The number of rotatable bonds is 4. The van der Waals surface area contributed by atoms with Crippen molar-refractivity contribution in [3.05, 3.63) is 66.0 Å². The number of hydrogen-bond acceptors (Lipinski definition) is 3. The van der Waals surface area contributed by atoms with Gasteiger partial charge in [-0.2, -0.15) is 5.26 Å². The van der Waals surface area contributed by atoms with Crippen LogP contribution in [0.4, 0.5) is 0 Å². The molecular formula is C20H19N3O. The van der Waals surface area contributed by atoms with Gasteiger partial charge >= 0.3 is 0 Å². The number of ether oxygens (including phenoxy) is 1. The van der Waals surface area contributed by atoms with Gasteiger partial charge in [0.1, 0.15) is 11.8 Å². The van der Waals surface area contributed by atoms with Crippen LogP contribution in [0.5, 0.6) is 5.75 Å². The van der Waals surface area contributed by atoms with Crippen molar-refractivity contribution in [2.75, 3.05) is 21.2 Å². The highest BCUT2D eigenvalue weighted by atomic mass is 16.5. The fourth-order valence-corrected chi connectivity index (χ4v) is 2.76. The molecule has 0 atom stereocenters. The summed E-state index contributed by atoms with van der Waals surface area (Å²) in [5.74, 6) is 0.768. The van der Waals surface area contributed by atoms with Crippen LogP contribution in [-0.4, -0.2) is 30.7 Å². The molecule has 0 N–H and O–H groups in total. The summed E-state index contributed by atoms with van der Waals surface area (Å²) in [6, 6.07) is 18.2. The summed E-state index contributed by atoms with van der Waals surface area (Å²) in [6.45, 7) is 0. The molecule has 0 aliphatic carbocycles. The molecular weight excluding hydrogens is 298 g/mol. The van der Waals surface area contributed by atoms with E-state index in [1.807, 2.05) is 79.8 Å². The Labute approximate surface area is 141 Å². The number of nitrogens with zero attached hydrogens (tertiary/aromatic N) is 3. The van der Waals surface area contributed by atoms with Gasteiger partial charge in [-0.25, -0.2) is 0 Å². The highest BCUT2D eigenvalue weighted by Gasteiger charge is 2.17. The molecule has 3 aromatic rings. The Morgan fingerprint density at radius 2 is 1.88 bits per heavy atom. The lowest BCUT2D eigenvalue weighted by atomic mass is 10.1. The summed E-state index contributed by atoms with van der Waals surface area (Å²) < 4.78 is 7.47. The maximum absolute atomic E-state index is 9.73. The van der Waals surface area contributed by atoms with Gasteiger partial charge in [0.05, 0.1) is 23.9 Å². The molecule has 0 spiro atoms. The van der Waals surface area contributed by atoms with Gasteiger partial charge in [-0.3, -0.25) is 0 Å². The summed E-state index contributed by atoms with van der Waals surface area (Å²) in [4.78, 5) is 1.95. The predicted octanol–water partition coefficient (Wildman–Crippen LogP) is 4.04. The molecule has 2 aromatic carbocycles. The first-order chi connectivity index (χ1) is 11.7. The molecule has 0 amide bonds. The maximum Gasteiger partial charge on any atom is 0.120 e. The van der Waals surface area contributed by atoms with Gasteiger partial charge in [-0.15, -0.1) is 0 Å². The van der Waals surface area contributed by atoms with Crippen LogP contribution in [0.25, 0.3) is 22.7 Å². The van der Waals surface area contributed by atoms with Crippen LogP contribution in [-0.2, 0) is 0 Å². The molecule has 0 bridgehead atoms. The average Bonchev–Trinajstić information content (AvgIpc) is 2.92. The van der Waals surface area contributed by atoms with Crippen LogP contribution in [0, 0.1) is 11.3 Å². The fourth-order valence-electron chi connectivity index (χ4n) is 2.76. The van der Waals surface area contributed by atoms with Crippen molar-refractivity contribution in [2.24, 2.45) is 0 Å². The number of benzene rings is 2. The van der Waals surface area contributed by atoms with E-state index in [9.17, 15) is 5.26 Å². The van der Waals surface area contributed by atoms with Crippen molar-refractivity contribution in [2.45, 2.75) is 0 Å². The van der Waals surface area contributed by atoms with Crippen molar-refractivity contribution in [1.29, 1.82) is 5.26 Å². The second-order valence-corrected chi connectivity index (χ2v) is 5.71. The standard InChI is InChI=1S/C20H19N3O/c1-22(2)12-11-19-18(14-21)17-10-9-16(24-3)13-20(17)23(19)15-7-5-4-6-8-15/h4-13H,1-3H3/b12-11+. The molecule has 0 aliphatic heterocycles. The second-order valence-electron chi connectivity index (χ2n) is 5.71. The lowest BCUT2D eigenvalue weighted by Gasteiger charge is -2.10. The predicted molar refractivity (Wildman–Crippen MR) is 97.3 cm³/mol. The van der Waals surface area contributed by atoms with Crippen LogP contribution >= 0.6 is 0 Å². The zero-order valence-electron chi connectivity index (χ0n) is 14.0. The topological polar surface area (TPSA) is 41.2 Å². The SMILES string of the molecule is COc1ccc2c(C#N)c(/C=C/N(C)C)n(-c3ccccc3)c2c1. The van der Waals surface area contributed by atoms with E-state index in [0.29, 0.717) is 5.56 Å². The van der Waals surface area contributed by atoms with E-state index in [1.54, 1.807) is 7.11 Å². The molecule has 0 unspecified atom stereocenters. The van der Waals surface area contributed by atoms with Crippen LogP contribution in [0.3, 0.4) is 0 Å². The Hall–Kier alpha value is -3.19. The number of fused-ring (bicyclic) bond motifs is 1. The number of methoxy groups -OCH3 is 1. The lowest BCUT2D eigenvalue weighted by Crippen LogP contribution is -2.02. The summed E-state index contributed by atoms with van der Waals surface area (Å²) in [5, 5.41) is 10.6. The van der Waals surface area contributed by atoms with Gasteiger partial charge in [0, 0.05) is 37.4 Å². The van der Waals surface area contributed by atoms with Gasteiger partial charge in [0.15, 0.2) is 0 Å². The van der Waals surface area contributed by atoms with E-state index in [2.05, 4.69) is 10.6 Å². The van der Waals surface area contributed by atoms with E-state index in [1.165, 1.54) is 0 Å². The molecule has 0 saturated heterocycles. The summed E-state index contributed by atoms with van der Waals surface area (Å²) in [7, 11) is 5.57. The highest BCUT2D eigenvalue weighted by molar-refractivity contribution is 5.93. The molecule has 120 valence electrons. The van der Waals surface area contributed by atoms with Crippen molar-refractivity contribution < 1.29 is 4.74 Å². The van der Waals surface area contributed by atoms with Crippen molar-refractivity contribution in [3.63, 3.8) is 0 Å². The van der Waals surface area contributed by atoms with Crippen molar-refractivity contribution in [3.8, 4) is 17.5 Å². The largest absolute Gasteiger partial charge is 0.497 e. The number of hydrogen-bond donors (Lipinski definition) is 0. The molecule has 1 heterocycles. The first-order valence-electron chi connectivity index (χ1n) is 7.68. The molecule has 0 radical (unpaired) electrons. The van der Waals surface area contributed by atoms with Gasteiger partial charge in [0.25, 0.3) is 0 Å². The zero-order chi connectivity index (χ0) is 17.1. The second kappa shape index (κ2) is 6.51. The van der Waals surface area contributed by atoms with E-state index < -0.39 is 0 Å². The Balaban J connectivity index is 2.40. The number of nitriles is 1. The molecule has 0 saturated carbocycles. The first-order valence-corrected chi connectivity index (χ1v) is 7.68. The number of aromatic nitrogens is 1. The third-order valence-electron chi connectivity index (χ3n) is 3.87. The summed E-state index contributed by atoms with van der Waals surface area (Å²) >= 11 is 0. The molecule has 0 fully saturated rings. The van der Waals surface area contributed by atoms with Gasteiger partial charge in [0.2, 0.25) is 0 Å². The third kappa shape index (κ3) is 2.72. The molecule has 3 rings (SSSR count). The van der Waals surface area contributed by atoms with Crippen LogP contribution in [0.1, 0.15) is 11.3 Å². The zero-order valence-corrected chi connectivity index (χ0v) is 14.0. The Morgan fingerprint density at radius 3 is 2.50 bits per heavy atom. The van der Waals surface area contributed by atoms with E-state index in [-0.39, 0.29) is 0 Å². The monoisotopic (exact) mass is 317 g/mol. The Kier molecular flexibility index (Phi) is 4.26. The lowest BCUT2D eigenvalue weighted by molar-refractivity contribution is 0.415. The van der Waals surface area contributed by atoms with Crippen molar-refractivity contribution >= 4 is 17.0 Å². The van der Waals surface area contributed by atoms with E-state index in [4.69, 9.17) is 4.74 Å².